The predicted molar refractivity (Wildman–Crippen MR) is 100 cm³/mol. The van der Waals surface area contributed by atoms with E-state index >= 15 is 0 Å². The molecule has 0 bridgehead atoms. The van der Waals surface area contributed by atoms with Gasteiger partial charge in [-0.2, -0.15) is 9.50 Å². The summed E-state index contributed by atoms with van der Waals surface area (Å²) in [5, 5.41) is 5.52. The Bertz CT molecular complexity index is 1040. The molecule has 0 aliphatic heterocycles. The van der Waals surface area contributed by atoms with Crippen LogP contribution >= 0.6 is 23.4 Å². The van der Waals surface area contributed by atoms with E-state index in [0.29, 0.717) is 34.4 Å². The van der Waals surface area contributed by atoms with Crippen LogP contribution < -0.4 is 0 Å². The first-order valence-electron chi connectivity index (χ1n) is 8.28. The zero-order valence-corrected chi connectivity index (χ0v) is 16.0. The summed E-state index contributed by atoms with van der Waals surface area (Å²) in [5.74, 6) is 0.243. The van der Waals surface area contributed by atoms with Crippen molar-refractivity contribution in [3.63, 3.8) is 0 Å². The van der Waals surface area contributed by atoms with Gasteiger partial charge < -0.3 is 4.74 Å². The lowest BCUT2D eigenvalue weighted by Crippen LogP contribution is -2.22. The first-order valence-corrected chi connectivity index (χ1v) is 9.64. The summed E-state index contributed by atoms with van der Waals surface area (Å²) in [7, 11) is 1.33. The van der Waals surface area contributed by atoms with Crippen molar-refractivity contribution in [2.45, 2.75) is 23.9 Å². The van der Waals surface area contributed by atoms with Crippen LogP contribution in [0.2, 0.25) is 5.02 Å². The van der Waals surface area contributed by atoms with E-state index in [4.69, 9.17) is 11.6 Å². The molecule has 0 N–H and O–H groups in total. The summed E-state index contributed by atoms with van der Waals surface area (Å²) in [5.41, 5.74) is 2.42. The number of thioether (sulfide) groups is 1. The van der Waals surface area contributed by atoms with Gasteiger partial charge in [0.2, 0.25) is 5.16 Å². The number of nitrogens with zero attached hydrogens (tertiary/aromatic N) is 4. The van der Waals surface area contributed by atoms with Crippen LogP contribution in [0.1, 0.15) is 34.0 Å². The molecule has 138 valence electrons. The summed E-state index contributed by atoms with van der Waals surface area (Å²) in [4.78, 5) is 32.5. The third kappa shape index (κ3) is 3.54. The molecule has 1 atom stereocenters. The normalized spacial score (nSPS) is 16.4. The van der Waals surface area contributed by atoms with Crippen LogP contribution in [0.15, 0.2) is 35.6 Å². The van der Waals surface area contributed by atoms with Crippen molar-refractivity contribution in [1.82, 2.24) is 19.6 Å². The van der Waals surface area contributed by atoms with E-state index in [-0.39, 0.29) is 23.4 Å². The largest absolute Gasteiger partial charge is 0.468 e. The minimum Gasteiger partial charge on any atom is -0.468 e. The molecule has 9 heteroatoms. The Morgan fingerprint density at radius 2 is 2.11 bits per heavy atom. The maximum absolute atomic E-state index is 12.6. The molecule has 2 heterocycles. The standard InChI is InChI=1S/C18H15ClN4O3S/c1-26-16(25)9-27-18-21-17-20-8-13-14(23(17)22-18)6-11(7-15(13)24)10-2-4-12(19)5-3-10/h2-5,8,11H,6-7,9H2,1H3. The highest BCUT2D eigenvalue weighted by Gasteiger charge is 2.29. The Balaban J connectivity index is 1.68. The number of rotatable bonds is 4. The molecule has 4 rings (SSSR count). The minimum atomic E-state index is -0.355. The number of carbonyl (C=O) groups is 2. The van der Waals surface area contributed by atoms with Gasteiger partial charge in [-0.1, -0.05) is 35.5 Å². The summed E-state index contributed by atoms with van der Waals surface area (Å²) in [6, 6.07) is 7.55. The van der Waals surface area contributed by atoms with Crippen molar-refractivity contribution in [3.8, 4) is 0 Å². The molecule has 1 aliphatic rings. The molecule has 3 aromatic rings. The third-order valence-electron chi connectivity index (χ3n) is 4.51. The monoisotopic (exact) mass is 402 g/mol. The summed E-state index contributed by atoms with van der Waals surface area (Å²) in [6.07, 6.45) is 2.63. The fourth-order valence-corrected chi connectivity index (χ4v) is 3.92. The van der Waals surface area contributed by atoms with Crippen molar-refractivity contribution in [2.75, 3.05) is 12.9 Å². The summed E-state index contributed by atoms with van der Waals surface area (Å²) >= 11 is 7.14. The third-order valence-corrected chi connectivity index (χ3v) is 5.57. The molecule has 1 unspecified atom stereocenters. The molecule has 0 amide bonds. The number of benzene rings is 1. The number of esters is 1. The molecule has 7 nitrogen and oxygen atoms in total. The Hall–Kier alpha value is -2.45. The second kappa shape index (κ2) is 7.28. The molecule has 0 saturated heterocycles. The highest BCUT2D eigenvalue weighted by Crippen LogP contribution is 2.33. The van der Waals surface area contributed by atoms with Gasteiger partial charge in [0.25, 0.3) is 5.78 Å². The number of ketones is 1. The first-order chi connectivity index (χ1) is 13.0. The average Bonchev–Trinajstić information content (AvgIpc) is 3.10. The molecule has 0 spiro atoms. The van der Waals surface area contributed by atoms with Crippen LogP contribution in [-0.4, -0.2) is 44.2 Å². The zero-order chi connectivity index (χ0) is 19.0. The van der Waals surface area contributed by atoms with E-state index in [1.165, 1.54) is 18.9 Å². The maximum atomic E-state index is 12.6. The van der Waals surface area contributed by atoms with Crippen LogP contribution in [-0.2, 0) is 16.0 Å². The van der Waals surface area contributed by atoms with Gasteiger partial charge in [0.05, 0.1) is 24.1 Å². The van der Waals surface area contributed by atoms with E-state index in [0.717, 1.165) is 11.3 Å². The van der Waals surface area contributed by atoms with E-state index in [1.807, 2.05) is 24.3 Å². The quantitative estimate of drug-likeness (QED) is 0.489. The van der Waals surface area contributed by atoms with Gasteiger partial charge in [-0.05, 0) is 30.0 Å². The highest BCUT2D eigenvalue weighted by molar-refractivity contribution is 7.99. The molecule has 2 aromatic heterocycles. The molecule has 1 aliphatic carbocycles. The number of halogens is 1. The number of ether oxygens (including phenoxy) is 1. The van der Waals surface area contributed by atoms with Crippen LogP contribution in [0.4, 0.5) is 0 Å². The van der Waals surface area contributed by atoms with E-state index in [1.54, 1.807) is 10.7 Å². The molecule has 0 radical (unpaired) electrons. The fourth-order valence-electron chi connectivity index (χ4n) is 3.14. The molecular weight excluding hydrogens is 388 g/mol. The van der Waals surface area contributed by atoms with Gasteiger partial charge in [-0.15, -0.1) is 5.10 Å². The number of methoxy groups -OCH3 is 1. The lowest BCUT2D eigenvalue weighted by Gasteiger charge is -2.23. The average molecular weight is 403 g/mol. The molecule has 1 aromatic carbocycles. The van der Waals surface area contributed by atoms with Crippen LogP contribution in [0.5, 0.6) is 0 Å². The lowest BCUT2D eigenvalue weighted by molar-refractivity contribution is -0.137. The van der Waals surface area contributed by atoms with Crippen LogP contribution in [0.3, 0.4) is 0 Å². The smallest absolute Gasteiger partial charge is 0.316 e. The number of hydrogen-bond acceptors (Lipinski definition) is 7. The van der Waals surface area contributed by atoms with Gasteiger partial charge in [0.1, 0.15) is 0 Å². The second-order valence-electron chi connectivity index (χ2n) is 6.17. The molecule has 27 heavy (non-hydrogen) atoms. The van der Waals surface area contributed by atoms with Crippen molar-refractivity contribution >= 4 is 40.9 Å². The fraction of sp³-hybridized carbons (Fsp3) is 0.278. The maximum Gasteiger partial charge on any atom is 0.316 e. The van der Waals surface area contributed by atoms with Crippen molar-refractivity contribution in [1.29, 1.82) is 0 Å². The number of carbonyl (C=O) groups excluding carboxylic acids is 2. The van der Waals surface area contributed by atoms with Crippen LogP contribution in [0.25, 0.3) is 5.78 Å². The topological polar surface area (TPSA) is 86.4 Å². The number of hydrogen-bond donors (Lipinski definition) is 0. The van der Waals surface area contributed by atoms with Gasteiger partial charge >= 0.3 is 5.97 Å². The van der Waals surface area contributed by atoms with E-state index in [2.05, 4.69) is 19.8 Å². The summed E-state index contributed by atoms with van der Waals surface area (Å²) < 4.78 is 6.24. The number of Topliss-reactive ketones (excluding diaryl/α,β-unsaturated/α-hetero) is 1. The van der Waals surface area contributed by atoms with Gasteiger partial charge in [0, 0.05) is 17.6 Å². The minimum absolute atomic E-state index is 0.0323. The molecule has 0 saturated carbocycles. The Kier molecular flexibility index (Phi) is 4.84. The number of aromatic nitrogens is 4. The van der Waals surface area contributed by atoms with Crippen molar-refractivity contribution < 1.29 is 14.3 Å². The van der Waals surface area contributed by atoms with Crippen molar-refractivity contribution in [3.05, 3.63) is 52.3 Å². The lowest BCUT2D eigenvalue weighted by atomic mass is 9.82. The zero-order valence-electron chi connectivity index (χ0n) is 14.4. The van der Waals surface area contributed by atoms with Gasteiger partial charge in [0.15, 0.2) is 5.78 Å². The molecule has 0 fully saturated rings. The van der Waals surface area contributed by atoms with E-state index in [9.17, 15) is 9.59 Å². The Morgan fingerprint density at radius 3 is 2.85 bits per heavy atom. The van der Waals surface area contributed by atoms with Gasteiger partial charge in [-0.25, -0.2) is 4.98 Å². The van der Waals surface area contributed by atoms with Crippen LogP contribution in [0, 0.1) is 0 Å². The van der Waals surface area contributed by atoms with E-state index < -0.39 is 0 Å². The Labute approximate surface area is 164 Å². The highest BCUT2D eigenvalue weighted by atomic mass is 35.5. The van der Waals surface area contributed by atoms with Crippen molar-refractivity contribution in [2.24, 2.45) is 0 Å². The first kappa shape index (κ1) is 17.9. The summed E-state index contributed by atoms with van der Waals surface area (Å²) in [6.45, 7) is 0. The van der Waals surface area contributed by atoms with Gasteiger partial charge in [-0.3, -0.25) is 9.59 Å². The number of fused-ring (bicyclic) bond motifs is 3. The molecular formula is C18H15ClN4O3S. The SMILES string of the molecule is COC(=O)CSc1nc2ncc3c(n2n1)CC(c1ccc(Cl)cc1)CC3=O. The second-order valence-corrected chi connectivity index (χ2v) is 7.55. The predicted octanol–water partition coefficient (Wildman–Crippen LogP) is 2.96. The Morgan fingerprint density at radius 1 is 1.33 bits per heavy atom.